The molecule has 0 aliphatic carbocycles. The molecular weight excluding hydrogens is 352 g/mol. The lowest BCUT2D eigenvalue weighted by atomic mass is 10.1. The Hall–Kier alpha value is -2.08. The summed E-state index contributed by atoms with van der Waals surface area (Å²) in [5.41, 5.74) is -0.329. The van der Waals surface area contributed by atoms with Crippen molar-refractivity contribution >= 4 is 21.6 Å². The van der Waals surface area contributed by atoms with Crippen LogP contribution in [-0.2, 0) is 14.8 Å². The van der Waals surface area contributed by atoms with Gasteiger partial charge in [0.25, 0.3) is 5.69 Å². The summed E-state index contributed by atoms with van der Waals surface area (Å²) in [5, 5.41) is 26.0. The van der Waals surface area contributed by atoms with Gasteiger partial charge < -0.3 is 15.7 Å². The topological polar surface area (TPSA) is 151 Å². The van der Waals surface area contributed by atoms with Gasteiger partial charge in [-0.2, -0.15) is 0 Å². The number of benzene rings is 1. The number of nitrogens with zero attached hydrogens (tertiary/aromatic N) is 1. The van der Waals surface area contributed by atoms with Crippen molar-refractivity contribution in [3.63, 3.8) is 0 Å². The van der Waals surface area contributed by atoms with E-state index >= 15 is 0 Å². The fourth-order valence-corrected chi connectivity index (χ4v) is 3.48. The van der Waals surface area contributed by atoms with Gasteiger partial charge in [0.2, 0.25) is 15.9 Å². The molecule has 11 heteroatoms. The van der Waals surface area contributed by atoms with E-state index < -0.39 is 21.1 Å². The van der Waals surface area contributed by atoms with Crippen molar-refractivity contribution in [1.82, 2.24) is 15.4 Å². The van der Waals surface area contributed by atoms with Gasteiger partial charge in [-0.1, -0.05) is 6.07 Å². The first kappa shape index (κ1) is 19.2. The van der Waals surface area contributed by atoms with Gasteiger partial charge in [-0.15, -0.1) is 0 Å². The van der Waals surface area contributed by atoms with Gasteiger partial charge in [0.05, 0.1) is 15.9 Å². The van der Waals surface area contributed by atoms with Gasteiger partial charge in [0, 0.05) is 50.7 Å². The molecular formula is C14H20N4O6S. The molecule has 0 saturated carbocycles. The van der Waals surface area contributed by atoms with Crippen molar-refractivity contribution in [2.45, 2.75) is 17.4 Å². The lowest BCUT2D eigenvalue weighted by Crippen LogP contribution is -2.36. The molecule has 0 bridgehead atoms. The van der Waals surface area contributed by atoms with Crippen molar-refractivity contribution in [1.29, 1.82) is 0 Å². The van der Waals surface area contributed by atoms with Crippen molar-refractivity contribution in [3.05, 3.63) is 34.4 Å². The predicted octanol–water partition coefficient (Wildman–Crippen LogP) is -1.04. The quantitative estimate of drug-likeness (QED) is 0.336. The minimum Gasteiger partial charge on any atom is -0.391 e. The number of aliphatic hydroxyl groups is 1. The third-order valence-corrected chi connectivity index (χ3v) is 5.31. The van der Waals surface area contributed by atoms with Crippen LogP contribution < -0.4 is 15.4 Å². The molecule has 2 unspecified atom stereocenters. The lowest BCUT2D eigenvalue weighted by Gasteiger charge is -2.14. The number of carbonyl (C=O) groups excluding carboxylic acids is 1. The molecule has 4 N–H and O–H groups in total. The number of β-amino-alcohol motifs (C(OH)–C–C–N with tert-alkyl or cyclic N) is 1. The number of carbonyl (C=O) groups is 1. The van der Waals surface area contributed by atoms with Crippen LogP contribution >= 0.6 is 0 Å². The van der Waals surface area contributed by atoms with E-state index in [-0.39, 0.29) is 35.4 Å². The van der Waals surface area contributed by atoms with Gasteiger partial charge in [0.1, 0.15) is 0 Å². The van der Waals surface area contributed by atoms with Gasteiger partial charge >= 0.3 is 0 Å². The fraction of sp³-hybridized carbons (Fsp3) is 0.500. The second-order valence-electron chi connectivity index (χ2n) is 5.69. The smallest absolute Gasteiger partial charge is 0.270 e. The number of rotatable bonds is 8. The molecule has 10 nitrogen and oxygen atoms in total. The summed E-state index contributed by atoms with van der Waals surface area (Å²) in [6.07, 6.45) is -0.586. The first-order valence-electron chi connectivity index (χ1n) is 7.69. The molecule has 1 amide bonds. The predicted molar refractivity (Wildman–Crippen MR) is 88.3 cm³/mol. The summed E-state index contributed by atoms with van der Waals surface area (Å²) in [6, 6.07) is 4.67. The number of aliphatic hydroxyl groups excluding tert-OH is 1. The van der Waals surface area contributed by atoms with Gasteiger partial charge in [0.15, 0.2) is 0 Å². The molecule has 1 saturated heterocycles. The Balaban J connectivity index is 1.80. The molecule has 0 spiro atoms. The van der Waals surface area contributed by atoms with Gasteiger partial charge in [-0.05, 0) is 6.07 Å². The Morgan fingerprint density at radius 3 is 2.80 bits per heavy atom. The van der Waals surface area contributed by atoms with Crippen LogP contribution in [0.25, 0.3) is 0 Å². The minimum atomic E-state index is -3.94. The summed E-state index contributed by atoms with van der Waals surface area (Å²) in [7, 11) is -3.94. The Morgan fingerprint density at radius 1 is 1.40 bits per heavy atom. The highest BCUT2D eigenvalue weighted by Crippen LogP contribution is 2.17. The molecule has 2 atom stereocenters. The number of nitro groups is 1. The highest BCUT2D eigenvalue weighted by atomic mass is 32.2. The van der Waals surface area contributed by atoms with Crippen LogP contribution in [0.4, 0.5) is 5.69 Å². The Morgan fingerprint density at radius 2 is 2.16 bits per heavy atom. The number of nitro benzene ring substituents is 1. The van der Waals surface area contributed by atoms with E-state index in [1.54, 1.807) is 0 Å². The number of sulfonamides is 1. The Labute approximate surface area is 144 Å². The van der Waals surface area contributed by atoms with Crippen LogP contribution in [-0.4, -0.2) is 56.6 Å². The summed E-state index contributed by atoms with van der Waals surface area (Å²) >= 11 is 0. The van der Waals surface area contributed by atoms with Crippen molar-refractivity contribution in [3.8, 4) is 0 Å². The van der Waals surface area contributed by atoms with E-state index in [9.17, 15) is 28.4 Å². The van der Waals surface area contributed by atoms with Crippen LogP contribution in [0, 0.1) is 16.0 Å². The third-order valence-electron chi connectivity index (χ3n) is 3.85. The number of amides is 1. The molecule has 138 valence electrons. The molecule has 1 aliphatic heterocycles. The molecule has 1 fully saturated rings. The average Bonchev–Trinajstić information content (AvgIpc) is 2.98. The second kappa shape index (κ2) is 8.34. The Bertz CT molecular complexity index is 739. The number of hydrogen-bond acceptors (Lipinski definition) is 7. The van der Waals surface area contributed by atoms with Crippen LogP contribution in [0.3, 0.4) is 0 Å². The molecule has 0 aromatic heterocycles. The number of non-ortho nitro benzene ring substituents is 1. The molecule has 1 aromatic carbocycles. The van der Waals surface area contributed by atoms with Crippen LogP contribution in [0.2, 0.25) is 0 Å². The van der Waals surface area contributed by atoms with E-state index in [0.29, 0.717) is 19.6 Å². The molecule has 2 rings (SSSR count). The lowest BCUT2D eigenvalue weighted by molar-refractivity contribution is -0.385. The van der Waals surface area contributed by atoms with Crippen LogP contribution in [0.1, 0.15) is 6.42 Å². The average molecular weight is 372 g/mol. The van der Waals surface area contributed by atoms with Gasteiger partial charge in [-0.25, -0.2) is 13.1 Å². The van der Waals surface area contributed by atoms with E-state index in [1.807, 2.05) is 0 Å². The zero-order valence-electron chi connectivity index (χ0n) is 13.3. The first-order chi connectivity index (χ1) is 11.8. The summed E-state index contributed by atoms with van der Waals surface area (Å²) in [4.78, 5) is 21.5. The monoisotopic (exact) mass is 372 g/mol. The largest absolute Gasteiger partial charge is 0.391 e. The van der Waals surface area contributed by atoms with Gasteiger partial charge in [-0.3, -0.25) is 14.9 Å². The fourth-order valence-electron chi connectivity index (χ4n) is 2.41. The maximum absolute atomic E-state index is 12.1. The summed E-state index contributed by atoms with van der Waals surface area (Å²) < 4.78 is 26.4. The molecule has 1 aromatic rings. The maximum Gasteiger partial charge on any atom is 0.270 e. The van der Waals surface area contributed by atoms with Crippen molar-refractivity contribution in [2.75, 3.05) is 26.2 Å². The highest BCUT2D eigenvalue weighted by molar-refractivity contribution is 7.89. The normalized spacial score (nSPS) is 20.4. The van der Waals surface area contributed by atoms with E-state index in [4.69, 9.17) is 0 Å². The Kier molecular flexibility index (Phi) is 6.42. The third kappa shape index (κ3) is 5.46. The SMILES string of the molecule is O=C(CCNS(=O)(=O)c1cccc([N+](=O)[O-])c1)NCC1CNCC1O. The highest BCUT2D eigenvalue weighted by Gasteiger charge is 2.25. The van der Waals surface area contributed by atoms with Crippen molar-refractivity contribution in [2.24, 2.45) is 5.92 Å². The van der Waals surface area contributed by atoms with Crippen LogP contribution in [0.5, 0.6) is 0 Å². The van der Waals surface area contributed by atoms with E-state index in [2.05, 4.69) is 15.4 Å². The van der Waals surface area contributed by atoms with Crippen molar-refractivity contribution < 1.29 is 23.2 Å². The summed E-state index contributed by atoms with van der Waals surface area (Å²) in [5.74, 6) is -0.411. The zero-order chi connectivity index (χ0) is 18.4. The molecule has 1 aliphatic rings. The van der Waals surface area contributed by atoms with E-state index in [1.165, 1.54) is 18.2 Å². The minimum absolute atomic E-state index is 0.0643. The molecule has 1 heterocycles. The molecule has 0 radical (unpaired) electrons. The number of nitrogens with one attached hydrogen (secondary N) is 3. The number of hydrogen-bond donors (Lipinski definition) is 4. The van der Waals surface area contributed by atoms with E-state index in [0.717, 1.165) is 6.07 Å². The van der Waals surface area contributed by atoms with Crippen LogP contribution in [0.15, 0.2) is 29.2 Å². The summed E-state index contributed by atoms with van der Waals surface area (Å²) in [6.45, 7) is 1.28. The maximum atomic E-state index is 12.1. The zero-order valence-corrected chi connectivity index (χ0v) is 14.2. The second-order valence-corrected chi connectivity index (χ2v) is 7.46. The first-order valence-corrected chi connectivity index (χ1v) is 9.17. The standard InChI is InChI=1S/C14H20N4O6S/c19-13-9-15-7-10(13)8-16-14(20)4-5-17-25(23,24)12-3-1-2-11(6-12)18(21)22/h1-3,6,10,13,15,17,19H,4-5,7-9H2,(H,16,20). The molecule has 25 heavy (non-hydrogen) atoms.